The Morgan fingerprint density at radius 1 is 1.43 bits per heavy atom. The first kappa shape index (κ1) is 16.0. The molecule has 0 bridgehead atoms. The summed E-state index contributed by atoms with van der Waals surface area (Å²) in [7, 11) is 1.83. The largest absolute Gasteiger partial charge is 0.380 e. The van der Waals surface area contributed by atoms with E-state index in [2.05, 4.69) is 35.0 Å². The molecule has 0 amide bonds. The highest BCUT2D eigenvalue weighted by atomic mass is 16.3. The first-order valence-electron chi connectivity index (χ1n) is 8.15. The number of rotatable bonds is 4. The molecule has 1 aliphatic rings. The van der Waals surface area contributed by atoms with Gasteiger partial charge in [0.2, 0.25) is 0 Å². The van der Waals surface area contributed by atoms with E-state index in [1.54, 1.807) is 10.9 Å². The maximum absolute atomic E-state index is 10.6. The highest BCUT2D eigenvalue weighted by Crippen LogP contribution is 2.23. The van der Waals surface area contributed by atoms with Crippen LogP contribution in [0.2, 0.25) is 0 Å². The second kappa shape index (κ2) is 6.68. The Labute approximate surface area is 137 Å². The molecule has 1 N–H and O–H groups in total. The zero-order chi connectivity index (χ0) is 16.4. The van der Waals surface area contributed by atoms with E-state index in [0.29, 0.717) is 5.69 Å². The maximum atomic E-state index is 10.6. The zero-order valence-electron chi connectivity index (χ0n) is 14.1. The summed E-state index contributed by atoms with van der Waals surface area (Å²) >= 11 is 0. The van der Waals surface area contributed by atoms with E-state index in [1.165, 1.54) is 11.3 Å². The fourth-order valence-electron chi connectivity index (χ4n) is 3.07. The lowest BCUT2D eigenvalue weighted by molar-refractivity contribution is 0.203. The molecular formula is C17H25N5O. The van der Waals surface area contributed by atoms with Crippen molar-refractivity contribution in [2.24, 2.45) is 7.05 Å². The van der Waals surface area contributed by atoms with Crippen molar-refractivity contribution < 1.29 is 5.11 Å². The van der Waals surface area contributed by atoms with Gasteiger partial charge in [0.15, 0.2) is 0 Å². The summed E-state index contributed by atoms with van der Waals surface area (Å²) in [5, 5.41) is 19.3. The topological polar surface area (TPSA) is 59.1 Å². The SMILES string of the molecule is C/C=C(\C)CN1CCCn2nc(C(O)c3ccnn3C)cc2C1. The van der Waals surface area contributed by atoms with Crippen molar-refractivity contribution in [3.8, 4) is 0 Å². The van der Waals surface area contributed by atoms with Crippen LogP contribution >= 0.6 is 0 Å². The molecule has 6 heteroatoms. The van der Waals surface area contributed by atoms with Crippen molar-refractivity contribution in [1.29, 1.82) is 0 Å². The van der Waals surface area contributed by atoms with Crippen molar-refractivity contribution in [2.45, 2.75) is 39.5 Å². The van der Waals surface area contributed by atoms with Gasteiger partial charge in [-0.3, -0.25) is 14.3 Å². The van der Waals surface area contributed by atoms with Gasteiger partial charge in [0.25, 0.3) is 0 Å². The molecule has 3 heterocycles. The van der Waals surface area contributed by atoms with Crippen LogP contribution in [0.5, 0.6) is 0 Å². The summed E-state index contributed by atoms with van der Waals surface area (Å²) in [6.07, 6.45) is 4.21. The zero-order valence-corrected chi connectivity index (χ0v) is 14.1. The van der Waals surface area contributed by atoms with Gasteiger partial charge in [0.05, 0.1) is 17.1 Å². The van der Waals surface area contributed by atoms with Gasteiger partial charge in [-0.25, -0.2) is 0 Å². The lowest BCUT2D eigenvalue weighted by Crippen LogP contribution is -2.25. The van der Waals surface area contributed by atoms with Gasteiger partial charge in [-0.2, -0.15) is 10.2 Å². The Balaban J connectivity index is 1.81. The van der Waals surface area contributed by atoms with Crippen molar-refractivity contribution in [3.63, 3.8) is 0 Å². The number of aromatic nitrogens is 4. The summed E-state index contributed by atoms with van der Waals surface area (Å²) in [4.78, 5) is 2.44. The van der Waals surface area contributed by atoms with Gasteiger partial charge >= 0.3 is 0 Å². The molecule has 0 saturated carbocycles. The molecule has 1 atom stereocenters. The molecule has 0 saturated heterocycles. The number of aliphatic hydroxyl groups excluding tert-OH is 1. The molecule has 0 spiro atoms. The van der Waals surface area contributed by atoms with Crippen LogP contribution in [0.4, 0.5) is 0 Å². The predicted molar refractivity (Wildman–Crippen MR) is 88.8 cm³/mol. The highest BCUT2D eigenvalue weighted by Gasteiger charge is 2.22. The van der Waals surface area contributed by atoms with Crippen molar-refractivity contribution in [3.05, 3.63) is 47.1 Å². The third-order valence-electron chi connectivity index (χ3n) is 4.50. The van der Waals surface area contributed by atoms with Crippen molar-refractivity contribution in [2.75, 3.05) is 13.1 Å². The van der Waals surface area contributed by atoms with Gasteiger partial charge < -0.3 is 5.11 Å². The molecule has 124 valence electrons. The van der Waals surface area contributed by atoms with Crippen molar-refractivity contribution in [1.82, 2.24) is 24.5 Å². The first-order chi connectivity index (χ1) is 11.1. The normalized spacial score (nSPS) is 17.8. The van der Waals surface area contributed by atoms with E-state index < -0.39 is 6.10 Å². The third-order valence-corrected chi connectivity index (χ3v) is 4.50. The van der Waals surface area contributed by atoms with Gasteiger partial charge in [-0.15, -0.1) is 0 Å². The van der Waals surface area contributed by atoms with Crippen LogP contribution in [0.15, 0.2) is 30.0 Å². The van der Waals surface area contributed by atoms with Crippen LogP contribution in [0.25, 0.3) is 0 Å². The van der Waals surface area contributed by atoms with Gasteiger partial charge in [0, 0.05) is 39.4 Å². The van der Waals surface area contributed by atoms with Gasteiger partial charge in [0.1, 0.15) is 6.10 Å². The van der Waals surface area contributed by atoms with Crippen LogP contribution in [0.1, 0.15) is 43.5 Å². The van der Waals surface area contributed by atoms with E-state index in [-0.39, 0.29) is 0 Å². The van der Waals surface area contributed by atoms with Crippen LogP contribution in [0.3, 0.4) is 0 Å². The Morgan fingerprint density at radius 2 is 2.26 bits per heavy atom. The third kappa shape index (κ3) is 3.38. The minimum atomic E-state index is -0.729. The Bertz CT molecular complexity index is 700. The van der Waals surface area contributed by atoms with Crippen LogP contribution in [-0.4, -0.2) is 42.7 Å². The van der Waals surface area contributed by atoms with E-state index in [9.17, 15) is 5.11 Å². The van der Waals surface area contributed by atoms with E-state index in [1.807, 2.05) is 23.9 Å². The number of hydrogen-bond acceptors (Lipinski definition) is 4. The molecule has 1 aliphatic heterocycles. The molecule has 0 fully saturated rings. The second-order valence-electron chi connectivity index (χ2n) is 6.27. The molecule has 0 radical (unpaired) electrons. The molecule has 1 unspecified atom stereocenters. The Morgan fingerprint density at radius 3 is 2.96 bits per heavy atom. The molecule has 2 aromatic heterocycles. The van der Waals surface area contributed by atoms with Crippen LogP contribution in [0, 0.1) is 0 Å². The summed E-state index contributed by atoms with van der Waals surface area (Å²) in [6, 6.07) is 3.86. The lowest BCUT2D eigenvalue weighted by Gasteiger charge is -2.19. The summed E-state index contributed by atoms with van der Waals surface area (Å²) in [5.41, 5.74) is 4.02. The molecule has 0 aromatic carbocycles. The summed E-state index contributed by atoms with van der Waals surface area (Å²) < 4.78 is 3.73. The number of hydrogen-bond donors (Lipinski definition) is 1. The van der Waals surface area contributed by atoms with E-state index in [0.717, 1.165) is 38.3 Å². The average molecular weight is 315 g/mol. The molecular weight excluding hydrogens is 290 g/mol. The summed E-state index contributed by atoms with van der Waals surface area (Å²) in [6.45, 7) is 8.09. The van der Waals surface area contributed by atoms with Crippen molar-refractivity contribution >= 4 is 0 Å². The molecule has 23 heavy (non-hydrogen) atoms. The highest BCUT2D eigenvalue weighted by molar-refractivity contribution is 5.22. The van der Waals surface area contributed by atoms with Gasteiger partial charge in [-0.05, 0) is 32.4 Å². The molecule has 3 rings (SSSR count). The first-order valence-corrected chi connectivity index (χ1v) is 8.15. The van der Waals surface area contributed by atoms with Gasteiger partial charge in [-0.1, -0.05) is 11.6 Å². The summed E-state index contributed by atoms with van der Waals surface area (Å²) in [5.74, 6) is 0. The predicted octanol–water partition coefficient (Wildman–Crippen LogP) is 1.87. The fraction of sp³-hybridized carbons (Fsp3) is 0.529. The standard InChI is InChI=1S/C17H25N5O/c1-4-13(2)11-21-8-5-9-22-14(12-21)10-15(19-22)17(23)16-6-7-18-20(16)3/h4,6-7,10,17,23H,5,8-9,11-12H2,1-3H3/b13-4+. The van der Waals surface area contributed by atoms with E-state index >= 15 is 0 Å². The molecule has 6 nitrogen and oxygen atoms in total. The Hall–Kier alpha value is -1.92. The van der Waals surface area contributed by atoms with E-state index in [4.69, 9.17) is 0 Å². The number of fused-ring (bicyclic) bond motifs is 1. The smallest absolute Gasteiger partial charge is 0.139 e. The lowest BCUT2D eigenvalue weighted by atomic mass is 10.1. The van der Waals surface area contributed by atoms with Crippen LogP contribution in [-0.2, 0) is 20.1 Å². The molecule has 2 aromatic rings. The quantitative estimate of drug-likeness (QED) is 0.875. The maximum Gasteiger partial charge on any atom is 0.139 e. The minimum absolute atomic E-state index is 0.702. The number of nitrogens with zero attached hydrogens (tertiary/aromatic N) is 5. The number of aliphatic hydroxyl groups is 1. The Kier molecular flexibility index (Phi) is 4.63. The second-order valence-corrected chi connectivity index (χ2v) is 6.27. The monoisotopic (exact) mass is 315 g/mol. The number of allylic oxidation sites excluding steroid dienone is 1. The molecule has 0 aliphatic carbocycles. The fourth-order valence-corrected chi connectivity index (χ4v) is 3.07. The minimum Gasteiger partial charge on any atom is -0.380 e. The average Bonchev–Trinajstić information content (AvgIpc) is 3.09. The van der Waals surface area contributed by atoms with Crippen LogP contribution < -0.4 is 0 Å². The number of aryl methyl sites for hydroxylation is 2.